The highest BCUT2D eigenvalue weighted by Crippen LogP contribution is 2.48. The molecule has 0 amide bonds. The number of unbranched alkanes of at least 4 members (excludes halogenated alkanes) is 3. The molecule has 5 rings (SSSR count). The summed E-state index contributed by atoms with van der Waals surface area (Å²) in [6.07, 6.45) is 5.40. The van der Waals surface area contributed by atoms with Gasteiger partial charge in [0.2, 0.25) is 6.23 Å². The predicted molar refractivity (Wildman–Crippen MR) is 136 cm³/mol. The van der Waals surface area contributed by atoms with Crippen molar-refractivity contribution in [3.05, 3.63) is 94.0 Å². The van der Waals surface area contributed by atoms with E-state index in [1.54, 1.807) is 0 Å². The van der Waals surface area contributed by atoms with Gasteiger partial charge in [-0.1, -0.05) is 72.4 Å². The summed E-state index contributed by atoms with van der Waals surface area (Å²) in [4.78, 5) is 0. The third kappa shape index (κ3) is 4.79. The SMILES string of the molecule is CCCCCCOc1ccc(C2Oc3ccc(Br)cc3C3CC(c4ccccc4)=NN32)cc1. The Bertz CT molecular complexity index is 1110. The van der Waals surface area contributed by atoms with Crippen molar-refractivity contribution in [2.75, 3.05) is 6.61 Å². The van der Waals surface area contributed by atoms with Crippen molar-refractivity contribution in [1.82, 2.24) is 5.01 Å². The van der Waals surface area contributed by atoms with Gasteiger partial charge in [0.15, 0.2) is 0 Å². The smallest absolute Gasteiger partial charge is 0.213 e. The van der Waals surface area contributed by atoms with Gasteiger partial charge in [-0.2, -0.15) is 5.10 Å². The van der Waals surface area contributed by atoms with Gasteiger partial charge in [-0.25, -0.2) is 5.01 Å². The van der Waals surface area contributed by atoms with Gasteiger partial charge >= 0.3 is 0 Å². The number of benzene rings is 3. The van der Waals surface area contributed by atoms with Crippen LogP contribution in [0.25, 0.3) is 0 Å². The average Bonchev–Trinajstić information content (AvgIpc) is 3.31. The Morgan fingerprint density at radius 1 is 1.00 bits per heavy atom. The molecular formula is C28H29BrN2O2. The van der Waals surface area contributed by atoms with Gasteiger partial charge in [0, 0.05) is 22.0 Å². The molecule has 0 fully saturated rings. The molecule has 0 spiro atoms. The topological polar surface area (TPSA) is 34.1 Å². The molecular weight excluding hydrogens is 476 g/mol. The van der Waals surface area contributed by atoms with Crippen LogP contribution < -0.4 is 9.47 Å². The lowest BCUT2D eigenvalue weighted by atomic mass is 9.96. The molecule has 0 bridgehead atoms. The highest BCUT2D eigenvalue weighted by Gasteiger charge is 2.41. The van der Waals surface area contributed by atoms with Gasteiger partial charge in [0.1, 0.15) is 11.5 Å². The zero-order valence-electron chi connectivity index (χ0n) is 18.9. The fourth-order valence-electron chi connectivity index (χ4n) is 4.53. The third-order valence-corrected chi connectivity index (χ3v) is 6.78. The highest BCUT2D eigenvalue weighted by molar-refractivity contribution is 9.10. The van der Waals surface area contributed by atoms with E-state index < -0.39 is 0 Å². The second-order valence-corrected chi connectivity index (χ2v) is 9.56. The Labute approximate surface area is 204 Å². The molecule has 33 heavy (non-hydrogen) atoms. The van der Waals surface area contributed by atoms with Crippen LogP contribution in [0.15, 0.2) is 82.4 Å². The molecule has 2 aliphatic heterocycles. The van der Waals surface area contributed by atoms with E-state index in [0.29, 0.717) is 0 Å². The summed E-state index contributed by atoms with van der Waals surface area (Å²) in [5, 5.41) is 7.17. The van der Waals surface area contributed by atoms with Gasteiger partial charge in [0.25, 0.3) is 0 Å². The highest BCUT2D eigenvalue weighted by atomic mass is 79.9. The normalized spacial score (nSPS) is 18.8. The molecule has 4 nitrogen and oxygen atoms in total. The second-order valence-electron chi connectivity index (χ2n) is 8.64. The minimum Gasteiger partial charge on any atom is -0.494 e. The number of fused-ring (bicyclic) bond motifs is 3. The maximum atomic E-state index is 6.49. The predicted octanol–water partition coefficient (Wildman–Crippen LogP) is 7.65. The summed E-state index contributed by atoms with van der Waals surface area (Å²) in [5.41, 5.74) is 4.50. The van der Waals surface area contributed by atoms with Gasteiger partial charge in [-0.3, -0.25) is 0 Å². The van der Waals surface area contributed by atoms with E-state index in [2.05, 4.69) is 76.4 Å². The molecule has 3 aromatic rings. The van der Waals surface area contributed by atoms with Crippen molar-refractivity contribution in [3.63, 3.8) is 0 Å². The van der Waals surface area contributed by atoms with Gasteiger partial charge in [0.05, 0.1) is 18.4 Å². The number of rotatable bonds is 8. The van der Waals surface area contributed by atoms with Crippen LogP contribution in [-0.2, 0) is 0 Å². The van der Waals surface area contributed by atoms with E-state index >= 15 is 0 Å². The molecule has 0 saturated carbocycles. The fourth-order valence-corrected chi connectivity index (χ4v) is 4.91. The van der Waals surface area contributed by atoms with Crippen LogP contribution >= 0.6 is 15.9 Å². The number of ether oxygens (including phenoxy) is 2. The number of nitrogens with zero attached hydrogens (tertiary/aromatic N) is 2. The number of hydrogen-bond acceptors (Lipinski definition) is 4. The van der Waals surface area contributed by atoms with Crippen LogP contribution in [0.2, 0.25) is 0 Å². The lowest BCUT2D eigenvalue weighted by Gasteiger charge is -2.38. The van der Waals surface area contributed by atoms with Crippen molar-refractivity contribution in [3.8, 4) is 11.5 Å². The number of hydrazone groups is 1. The standard InChI is InChI=1S/C28H29BrN2O2/c1-2-3-4-8-17-32-23-14-11-21(12-15-23)28-31-26(24-18-22(29)13-16-27(24)33-28)19-25(30-31)20-9-6-5-7-10-20/h5-7,9-16,18,26,28H,2-4,8,17,19H2,1H3. The van der Waals surface area contributed by atoms with Gasteiger partial charge in [-0.15, -0.1) is 0 Å². The van der Waals surface area contributed by atoms with Crippen molar-refractivity contribution in [2.24, 2.45) is 5.10 Å². The molecule has 0 radical (unpaired) electrons. The molecule has 0 aliphatic carbocycles. The Balaban J connectivity index is 1.39. The maximum absolute atomic E-state index is 6.49. The van der Waals surface area contributed by atoms with Gasteiger partial charge < -0.3 is 9.47 Å². The Kier molecular flexibility index (Phi) is 6.68. The van der Waals surface area contributed by atoms with Crippen molar-refractivity contribution < 1.29 is 9.47 Å². The fraction of sp³-hybridized carbons (Fsp3) is 0.321. The Hall–Kier alpha value is -2.79. The Morgan fingerprint density at radius 3 is 2.61 bits per heavy atom. The lowest BCUT2D eigenvalue weighted by Crippen LogP contribution is -2.33. The monoisotopic (exact) mass is 504 g/mol. The molecule has 0 N–H and O–H groups in total. The van der Waals surface area contributed by atoms with E-state index in [4.69, 9.17) is 14.6 Å². The van der Waals surface area contributed by atoms with E-state index in [0.717, 1.165) is 52.3 Å². The summed E-state index contributed by atoms with van der Waals surface area (Å²) in [6, 6.07) is 25.1. The number of hydrogen-bond donors (Lipinski definition) is 0. The minimum atomic E-state index is -0.275. The first-order valence-corrected chi connectivity index (χ1v) is 12.6. The summed E-state index contributed by atoms with van der Waals surface area (Å²) >= 11 is 3.62. The first-order chi connectivity index (χ1) is 16.2. The molecule has 2 aliphatic rings. The maximum Gasteiger partial charge on any atom is 0.213 e. The lowest BCUT2D eigenvalue weighted by molar-refractivity contribution is -0.0191. The molecule has 2 heterocycles. The van der Waals surface area contributed by atoms with Crippen LogP contribution in [0.1, 0.15) is 68.0 Å². The largest absolute Gasteiger partial charge is 0.494 e. The van der Waals surface area contributed by atoms with Crippen LogP contribution in [0.3, 0.4) is 0 Å². The molecule has 2 unspecified atom stereocenters. The molecule has 2 atom stereocenters. The second kappa shape index (κ2) is 10.0. The summed E-state index contributed by atoms with van der Waals surface area (Å²) in [5.74, 6) is 1.83. The van der Waals surface area contributed by atoms with E-state index in [1.165, 1.54) is 24.8 Å². The van der Waals surface area contributed by atoms with E-state index in [9.17, 15) is 0 Å². The zero-order valence-corrected chi connectivity index (χ0v) is 20.5. The quantitative estimate of drug-likeness (QED) is 0.295. The molecule has 170 valence electrons. The van der Waals surface area contributed by atoms with Gasteiger partial charge in [-0.05, 0) is 54.4 Å². The van der Waals surface area contributed by atoms with Crippen LogP contribution in [-0.4, -0.2) is 17.3 Å². The van der Waals surface area contributed by atoms with Crippen LogP contribution in [0, 0.1) is 0 Å². The van der Waals surface area contributed by atoms with Crippen molar-refractivity contribution >= 4 is 21.6 Å². The molecule has 5 heteroatoms. The van der Waals surface area contributed by atoms with E-state index in [-0.39, 0.29) is 12.3 Å². The van der Waals surface area contributed by atoms with Crippen LogP contribution in [0.5, 0.6) is 11.5 Å². The minimum absolute atomic E-state index is 0.140. The average molecular weight is 505 g/mol. The third-order valence-electron chi connectivity index (χ3n) is 6.29. The Morgan fingerprint density at radius 2 is 1.82 bits per heavy atom. The first-order valence-electron chi connectivity index (χ1n) is 11.8. The van der Waals surface area contributed by atoms with E-state index in [1.807, 2.05) is 24.3 Å². The van der Waals surface area contributed by atoms with Crippen LogP contribution in [0.4, 0.5) is 0 Å². The zero-order chi connectivity index (χ0) is 22.6. The summed E-state index contributed by atoms with van der Waals surface area (Å²) < 4.78 is 13.5. The molecule has 0 aromatic heterocycles. The summed E-state index contributed by atoms with van der Waals surface area (Å²) in [6.45, 7) is 2.99. The van der Waals surface area contributed by atoms with Crippen molar-refractivity contribution in [1.29, 1.82) is 0 Å². The van der Waals surface area contributed by atoms with Crippen molar-refractivity contribution in [2.45, 2.75) is 51.3 Å². The first kappa shape index (κ1) is 22.0. The molecule has 0 saturated heterocycles. The molecule has 3 aromatic carbocycles. The summed E-state index contributed by atoms with van der Waals surface area (Å²) in [7, 11) is 0. The number of halogens is 1.